The number of hydrogen-bond donors (Lipinski definition) is 2. The summed E-state index contributed by atoms with van der Waals surface area (Å²) in [7, 11) is 0. The molecule has 54 valence electrons. The van der Waals surface area contributed by atoms with Crippen molar-refractivity contribution in [2.75, 3.05) is 0 Å². The van der Waals surface area contributed by atoms with Crippen molar-refractivity contribution in [1.29, 1.82) is 0 Å². The summed E-state index contributed by atoms with van der Waals surface area (Å²) in [6, 6.07) is 3.20. The van der Waals surface area contributed by atoms with Gasteiger partial charge in [-0.1, -0.05) is 0 Å². The largest absolute Gasteiger partial charge is 0.390 e. The molecule has 10 heavy (non-hydrogen) atoms. The predicted molar refractivity (Wildman–Crippen MR) is 45.7 cm³/mol. The van der Waals surface area contributed by atoms with E-state index in [1.165, 1.54) is 6.07 Å². The van der Waals surface area contributed by atoms with E-state index in [9.17, 15) is 4.79 Å². The number of pyridine rings is 1. The average Bonchev–Trinajstić information content (AvgIpc) is 1.85. The Labute approximate surface area is 71.2 Å². The molecule has 0 bridgehead atoms. The second-order valence-corrected chi connectivity index (χ2v) is 3.09. The Balaban J connectivity index is 3.19. The van der Waals surface area contributed by atoms with Crippen LogP contribution >= 0.6 is 22.6 Å². The van der Waals surface area contributed by atoms with E-state index in [2.05, 4.69) is 4.98 Å². The number of rotatable bonds is 1. The molecule has 0 aromatic carbocycles. The van der Waals surface area contributed by atoms with Gasteiger partial charge in [-0.15, -0.1) is 0 Å². The number of halogens is 1. The Morgan fingerprint density at radius 2 is 2.30 bits per heavy atom. The van der Waals surface area contributed by atoms with E-state index in [0.29, 0.717) is 5.69 Å². The molecular weight excluding hydrogens is 245 g/mol. The van der Waals surface area contributed by atoms with Crippen LogP contribution in [0.1, 0.15) is 5.69 Å². The molecule has 0 aliphatic carbocycles. The molecule has 0 amide bonds. The summed E-state index contributed by atoms with van der Waals surface area (Å²) in [5.74, 6) is 0. The molecule has 2 N–H and O–H groups in total. The van der Waals surface area contributed by atoms with Gasteiger partial charge in [-0.25, -0.2) is 0 Å². The van der Waals surface area contributed by atoms with E-state index in [1.54, 1.807) is 6.07 Å². The molecule has 4 heteroatoms. The molecule has 0 unspecified atom stereocenters. The Bertz CT molecular complexity index is 281. The van der Waals surface area contributed by atoms with Crippen LogP contribution in [-0.2, 0) is 6.61 Å². The van der Waals surface area contributed by atoms with Crippen molar-refractivity contribution in [3.05, 3.63) is 31.8 Å². The molecule has 1 aromatic heterocycles. The highest BCUT2D eigenvalue weighted by atomic mass is 127. The number of hydrogen-bond acceptors (Lipinski definition) is 2. The van der Waals surface area contributed by atoms with Gasteiger partial charge in [0.15, 0.2) is 0 Å². The highest BCUT2D eigenvalue weighted by Crippen LogP contribution is 2.01. The van der Waals surface area contributed by atoms with Crippen LogP contribution in [0.15, 0.2) is 16.9 Å². The van der Waals surface area contributed by atoms with Crippen molar-refractivity contribution in [2.45, 2.75) is 6.61 Å². The van der Waals surface area contributed by atoms with Gasteiger partial charge in [0.05, 0.1) is 6.61 Å². The molecule has 0 fully saturated rings. The minimum atomic E-state index is -0.170. The zero-order valence-electron chi connectivity index (χ0n) is 5.10. The first-order chi connectivity index (χ1) is 4.72. The van der Waals surface area contributed by atoms with Crippen molar-refractivity contribution in [3.8, 4) is 0 Å². The fourth-order valence-electron chi connectivity index (χ4n) is 0.649. The molecule has 0 saturated carbocycles. The molecule has 0 aliphatic rings. The molecule has 0 aliphatic heterocycles. The van der Waals surface area contributed by atoms with Crippen molar-refractivity contribution < 1.29 is 5.11 Å². The summed E-state index contributed by atoms with van der Waals surface area (Å²) in [6.45, 7) is -0.119. The second kappa shape index (κ2) is 3.16. The van der Waals surface area contributed by atoms with Gasteiger partial charge in [-0.05, 0) is 28.7 Å². The Morgan fingerprint density at radius 3 is 2.80 bits per heavy atom. The summed E-state index contributed by atoms with van der Waals surface area (Å²) >= 11 is 2.02. The van der Waals surface area contributed by atoms with Gasteiger partial charge in [-0.3, -0.25) is 4.79 Å². The van der Waals surface area contributed by atoms with Gasteiger partial charge in [0.2, 0.25) is 5.56 Å². The van der Waals surface area contributed by atoms with Crippen molar-refractivity contribution in [3.63, 3.8) is 0 Å². The van der Waals surface area contributed by atoms with Crippen LogP contribution in [-0.4, -0.2) is 10.1 Å². The molecule has 0 atom stereocenters. The lowest BCUT2D eigenvalue weighted by Crippen LogP contribution is -2.07. The van der Waals surface area contributed by atoms with Crippen molar-refractivity contribution in [2.24, 2.45) is 0 Å². The molecule has 0 radical (unpaired) electrons. The van der Waals surface area contributed by atoms with Crippen LogP contribution in [0.4, 0.5) is 0 Å². The van der Waals surface area contributed by atoms with Gasteiger partial charge < -0.3 is 10.1 Å². The number of aromatic nitrogens is 1. The standard InChI is InChI=1S/C6H6INO2/c7-4-1-5(3-9)8-6(10)2-4/h1-2,9H,3H2,(H,8,10). The summed E-state index contributed by atoms with van der Waals surface area (Å²) in [6.07, 6.45) is 0. The summed E-state index contributed by atoms with van der Waals surface area (Å²) in [4.78, 5) is 13.2. The van der Waals surface area contributed by atoms with Crippen molar-refractivity contribution >= 4 is 22.6 Å². The SMILES string of the molecule is O=c1cc(I)cc(CO)[nH]1. The molecule has 0 saturated heterocycles. The van der Waals surface area contributed by atoms with Gasteiger partial charge in [0.1, 0.15) is 0 Å². The lowest BCUT2D eigenvalue weighted by Gasteiger charge is -1.94. The van der Waals surface area contributed by atoms with Gasteiger partial charge in [0.25, 0.3) is 0 Å². The summed E-state index contributed by atoms with van der Waals surface area (Å²) in [5, 5.41) is 8.61. The molecule has 0 spiro atoms. The molecule has 1 rings (SSSR count). The van der Waals surface area contributed by atoms with E-state index in [-0.39, 0.29) is 12.2 Å². The quantitative estimate of drug-likeness (QED) is 0.713. The fraction of sp³-hybridized carbons (Fsp3) is 0.167. The smallest absolute Gasteiger partial charge is 0.249 e. The van der Waals surface area contributed by atoms with E-state index >= 15 is 0 Å². The maximum absolute atomic E-state index is 10.7. The first-order valence-corrected chi connectivity index (χ1v) is 3.80. The number of H-pyrrole nitrogens is 1. The van der Waals surface area contributed by atoms with Crippen LogP contribution in [0.2, 0.25) is 0 Å². The minimum Gasteiger partial charge on any atom is -0.390 e. The van der Waals surface area contributed by atoms with Crippen LogP contribution in [0.5, 0.6) is 0 Å². The van der Waals surface area contributed by atoms with Crippen LogP contribution < -0.4 is 5.56 Å². The highest BCUT2D eigenvalue weighted by Gasteiger charge is 1.93. The second-order valence-electron chi connectivity index (χ2n) is 1.85. The zero-order valence-corrected chi connectivity index (χ0v) is 7.25. The summed E-state index contributed by atoms with van der Waals surface area (Å²) < 4.78 is 0.838. The average molecular weight is 251 g/mol. The normalized spacial score (nSPS) is 9.80. The van der Waals surface area contributed by atoms with Gasteiger partial charge in [-0.2, -0.15) is 0 Å². The minimum absolute atomic E-state index is 0.119. The van der Waals surface area contributed by atoms with E-state index in [0.717, 1.165) is 3.57 Å². The van der Waals surface area contributed by atoms with Gasteiger partial charge >= 0.3 is 0 Å². The summed E-state index contributed by atoms with van der Waals surface area (Å²) in [5.41, 5.74) is 0.382. The van der Waals surface area contributed by atoms with E-state index in [1.807, 2.05) is 22.6 Å². The molecular formula is C6H6INO2. The zero-order chi connectivity index (χ0) is 7.56. The van der Waals surface area contributed by atoms with Crippen LogP contribution in [0.3, 0.4) is 0 Å². The Kier molecular flexibility index (Phi) is 2.44. The van der Waals surface area contributed by atoms with Crippen LogP contribution in [0.25, 0.3) is 0 Å². The topological polar surface area (TPSA) is 53.1 Å². The lowest BCUT2D eigenvalue weighted by molar-refractivity contribution is 0.276. The highest BCUT2D eigenvalue weighted by molar-refractivity contribution is 14.1. The third-order valence-corrected chi connectivity index (χ3v) is 1.66. The maximum atomic E-state index is 10.7. The van der Waals surface area contributed by atoms with E-state index in [4.69, 9.17) is 5.11 Å². The van der Waals surface area contributed by atoms with E-state index < -0.39 is 0 Å². The first-order valence-electron chi connectivity index (χ1n) is 2.72. The number of aromatic amines is 1. The molecule has 3 nitrogen and oxygen atoms in total. The van der Waals surface area contributed by atoms with Gasteiger partial charge in [0, 0.05) is 15.3 Å². The Hall–Kier alpha value is -0.360. The lowest BCUT2D eigenvalue weighted by atomic mass is 10.4. The van der Waals surface area contributed by atoms with Crippen LogP contribution in [0, 0.1) is 3.57 Å². The molecule has 1 aromatic rings. The fourth-order valence-corrected chi connectivity index (χ4v) is 1.31. The van der Waals surface area contributed by atoms with Crippen molar-refractivity contribution in [1.82, 2.24) is 4.98 Å². The third kappa shape index (κ3) is 1.81. The Morgan fingerprint density at radius 1 is 1.60 bits per heavy atom. The maximum Gasteiger partial charge on any atom is 0.249 e. The monoisotopic (exact) mass is 251 g/mol. The number of aliphatic hydroxyl groups excluding tert-OH is 1. The number of aliphatic hydroxyl groups is 1. The first kappa shape index (κ1) is 7.74. The predicted octanol–water partition coefficient (Wildman–Crippen LogP) is 0.472. The molecule has 1 heterocycles. The third-order valence-electron chi connectivity index (χ3n) is 1.04. The number of nitrogens with one attached hydrogen (secondary N) is 1.